The number of nitrogens with zero attached hydrogens (tertiary/aromatic N) is 3. The predicted octanol–water partition coefficient (Wildman–Crippen LogP) is 2.70. The van der Waals surface area contributed by atoms with E-state index in [1.165, 1.54) is 11.3 Å². The summed E-state index contributed by atoms with van der Waals surface area (Å²) in [5.74, 6) is 0.897. The molecule has 25 heavy (non-hydrogen) atoms. The number of piperazine rings is 1. The quantitative estimate of drug-likeness (QED) is 0.297. The third kappa shape index (κ3) is 7.81. The number of hydrogen-bond acceptors (Lipinski definition) is 3. The minimum atomic E-state index is 0. The maximum atomic E-state index is 4.24. The van der Waals surface area contributed by atoms with E-state index in [2.05, 4.69) is 70.5 Å². The van der Waals surface area contributed by atoms with Crippen LogP contribution in [0.5, 0.6) is 0 Å². The summed E-state index contributed by atoms with van der Waals surface area (Å²) >= 11 is 0. The normalized spacial score (nSPS) is 15.9. The molecule has 0 unspecified atom stereocenters. The van der Waals surface area contributed by atoms with Crippen molar-refractivity contribution in [2.24, 2.45) is 4.99 Å². The molecule has 6 heteroatoms. The Labute approximate surface area is 170 Å². The largest absolute Gasteiger partial charge is 0.369 e. The maximum absolute atomic E-state index is 4.24. The van der Waals surface area contributed by atoms with Gasteiger partial charge in [0.25, 0.3) is 0 Å². The number of nitrogens with one attached hydrogen (secondary N) is 2. The van der Waals surface area contributed by atoms with Gasteiger partial charge in [0.15, 0.2) is 5.96 Å². The first-order valence-corrected chi connectivity index (χ1v) is 9.09. The number of aliphatic imine (C=N–C) groups is 1. The fourth-order valence-corrected chi connectivity index (χ4v) is 3.03. The highest BCUT2D eigenvalue weighted by Crippen LogP contribution is 2.17. The van der Waals surface area contributed by atoms with Gasteiger partial charge in [-0.2, -0.15) is 0 Å². The Morgan fingerprint density at radius 3 is 2.52 bits per heavy atom. The van der Waals surface area contributed by atoms with E-state index in [0.29, 0.717) is 6.04 Å². The smallest absolute Gasteiger partial charge is 0.191 e. The summed E-state index contributed by atoms with van der Waals surface area (Å²) in [6, 6.07) is 9.23. The summed E-state index contributed by atoms with van der Waals surface area (Å²) in [5.41, 5.74) is 2.70. The Kier molecular flexibility index (Phi) is 10.2. The number of hydrogen-bond donors (Lipinski definition) is 2. The minimum Gasteiger partial charge on any atom is -0.369 e. The monoisotopic (exact) mass is 459 g/mol. The van der Waals surface area contributed by atoms with Gasteiger partial charge in [0.2, 0.25) is 0 Å². The molecule has 1 fully saturated rings. The van der Waals surface area contributed by atoms with Crippen LogP contribution in [0.4, 0.5) is 5.69 Å². The van der Waals surface area contributed by atoms with Crippen molar-refractivity contribution in [1.82, 2.24) is 15.5 Å². The molecule has 0 spiro atoms. The zero-order chi connectivity index (χ0) is 17.4. The van der Waals surface area contributed by atoms with E-state index < -0.39 is 0 Å². The van der Waals surface area contributed by atoms with Crippen molar-refractivity contribution in [2.45, 2.75) is 33.2 Å². The Morgan fingerprint density at radius 1 is 1.20 bits per heavy atom. The molecular weight excluding hydrogens is 425 g/mol. The zero-order valence-corrected chi connectivity index (χ0v) is 18.4. The van der Waals surface area contributed by atoms with E-state index in [1.54, 1.807) is 0 Å². The number of benzene rings is 1. The first-order chi connectivity index (χ1) is 11.6. The molecule has 1 aliphatic rings. The van der Waals surface area contributed by atoms with Crippen LogP contribution in [0.3, 0.4) is 0 Å². The van der Waals surface area contributed by atoms with Gasteiger partial charge >= 0.3 is 0 Å². The third-order valence-corrected chi connectivity index (χ3v) is 4.33. The van der Waals surface area contributed by atoms with Crippen molar-refractivity contribution >= 4 is 35.6 Å². The molecule has 0 radical (unpaired) electrons. The fourth-order valence-electron chi connectivity index (χ4n) is 3.03. The van der Waals surface area contributed by atoms with Crippen LogP contribution >= 0.6 is 24.0 Å². The highest BCUT2D eigenvalue weighted by atomic mass is 127. The second-order valence-corrected chi connectivity index (χ2v) is 6.82. The summed E-state index contributed by atoms with van der Waals surface area (Å²) < 4.78 is 0. The molecule has 0 atom stereocenters. The Bertz CT molecular complexity index is 524. The van der Waals surface area contributed by atoms with Crippen molar-refractivity contribution in [3.05, 3.63) is 29.8 Å². The number of halogens is 1. The van der Waals surface area contributed by atoms with Gasteiger partial charge in [-0.3, -0.25) is 9.89 Å². The summed E-state index contributed by atoms with van der Waals surface area (Å²) in [6.07, 6.45) is 1.14. The maximum Gasteiger partial charge on any atom is 0.191 e. The highest BCUT2D eigenvalue weighted by Gasteiger charge is 2.16. The van der Waals surface area contributed by atoms with Gasteiger partial charge in [-0.25, -0.2) is 0 Å². The molecule has 142 valence electrons. The number of anilines is 1. The van der Waals surface area contributed by atoms with Crippen LogP contribution in [0, 0.1) is 6.92 Å². The number of rotatable bonds is 6. The minimum absolute atomic E-state index is 0. The Balaban J connectivity index is 0.00000312. The Hall–Kier alpha value is -1.02. The topological polar surface area (TPSA) is 42.9 Å². The van der Waals surface area contributed by atoms with E-state index >= 15 is 0 Å². The molecule has 5 nitrogen and oxygen atoms in total. The van der Waals surface area contributed by atoms with Gasteiger partial charge in [-0.05, 0) is 51.4 Å². The van der Waals surface area contributed by atoms with Crippen LogP contribution in [0.1, 0.15) is 25.8 Å². The van der Waals surface area contributed by atoms with Gasteiger partial charge in [0, 0.05) is 51.5 Å². The van der Waals surface area contributed by atoms with E-state index in [0.717, 1.165) is 51.6 Å². The molecule has 1 aromatic carbocycles. The molecule has 0 aromatic heterocycles. The predicted molar refractivity (Wildman–Crippen MR) is 119 cm³/mol. The van der Waals surface area contributed by atoms with Crippen molar-refractivity contribution in [2.75, 3.05) is 51.2 Å². The Morgan fingerprint density at radius 2 is 1.92 bits per heavy atom. The third-order valence-electron chi connectivity index (χ3n) is 4.33. The summed E-state index contributed by atoms with van der Waals surface area (Å²) in [4.78, 5) is 9.30. The lowest BCUT2D eigenvalue weighted by molar-refractivity contribution is 0.255. The average Bonchev–Trinajstić information content (AvgIpc) is 2.58. The fraction of sp³-hybridized carbons (Fsp3) is 0.632. The van der Waals surface area contributed by atoms with Crippen molar-refractivity contribution in [3.8, 4) is 0 Å². The zero-order valence-electron chi connectivity index (χ0n) is 16.1. The molecule has 1 saturated heterocycles. The lowest BCUT2D eigenvalue weighted by Gasteiger charge is -2.36. The van der Waals surface area contributed by atoms with E-state index in [4.69, 9.17) is 0 Å². The van der Waals surface area contributed by atoms with Crippen LogP contribution in [-0.4, -0.2) is 63.2 Å². The molecule has 2 N–H and O–H groups in total. The second-order valence-electron chi connectivity index (χ2n) is 6.82. The SMILES string of the molecule is CN=C(NCCCN1CCN(c2cccc(C)c2)CC1)NC(C)C.I. The van der Waals surface area contributed by atoms with Crippen LogP contribution in [0.15, 0.2) is 29.3 Å². The van der Waals surface area contributed by atoms with Crippen LogP contribution in [0.25, 0.3) is 0 Å². The first kappa shape index (κ1) is 22.0. The molecule has 2 rings (SSSR count). The van der Waals surface area contributed by atoms with E-state index in [9.17, 15) is 0 Å². The standard InChI is InChI=1S/C19H33N5.HI/c1-16(2)22-19(20-4)21-9-6-10-23-11-13-24(14-12-23)18-8-5-7-17(3)15-18;/h5,7-8,15-16H,6,9-14H2,1-4H3,(H2,20,21,22);1H. The summed E-state index contributed by atoms with van der Waals surface area (Å²) in [6.45, 7) is 13.1. The molecule has 1 aliphatic heterocycles. The highest BCUT2D eigenvalue weighted by molar-refractivity contribution is 14.0. The van der Waals surface area contributed by atoms with Gasteiger partial charge in [0.05, 0.1) is 0 Å². The molecule has 0 amide bonds. The van der Waals surface area contributed by atoms with Crippen molar-refractivity contribution in [1.29, 1.82) is 0 Å². The molecule has 0 bridgehead atoms. The van der Waals surface area contributed by atoms with Crippen LogP contribution < -0.4 is 15.5 Å². The van der Waals surface area contributed by atoms with Crippen molar-refractivity contribution < 1.29 is 0 Å². The molecule has 1 aromatic rings. The van der Waals surface area contributed by atoms with Crippen LogP contribution in [-0.2, 0) is 0 Å². The lowest BCUT2D eigenvalue weighted by Crippen LogP contribution is -2.47. The van der Waals surface area contributed by atoms with E-state index in [1.807, 2.05) is 7.05 Å². The van der Waals surface area contributed by atoms with Gasteiger partial charge in [-0.1, -0.05) is 12.1 Å². The number of aryl methyl sites for hydroxylation is 1. The average molecular weight is 459 g/mol. The van der Waals surface area contributed by atoms with Gasteiger partial charge in [-0.15, -0.1) is 24.0 Å². The number of guanidine groups is 1. The summed E-state index contributed by atoms with van der Waals surface area (Å²) in [7, 11) is 1.82. The first-order valence-electron chi connectivity index (χ1n) is 9.09. The van der Waals surface area contributed by atoms with Crippen molar-refractivity contribution in [3.63, 3.8) is 0 Å². The molecule has 1 heterocycles. The van der Waals surface area contributed by atoms with Gasteiger partial charge < -0.3 is 15.5 Å². The molecule has 0 aliphatic carbocycles. The molecule has 0 saturated carbocycles. The van der Waals surface area contributed by atoms with Gasteiger partial charge in [0.1, 0.15) is 0 Å². The van der Waals surface area contributed by atoms with Crippen LogP contribution in [0.2, 0.25) is 0 Å². The lowest BCUT2D eigenvalue weighted by atomic mass is 10.2. The second kappa shape index (κ2) is 11.6. The molecular formula is C19H34IN5. The summed E-state index contributed by atoms with van der Waals surface area (Å²) in [5, 5.41) is 6.70. The van der Waals surface area contributed by atoms with E-state index in [-0.39, 0.29) is 24.0 Å².